The number of thiophene rings is 1. The summed E-state index contributed by atoms with van der Waals surface area (Å²) in [5, 5.41) is 2.70. The quantitative estimate of drug-likeness (QED) is 0.195. The van der Waals surface area contributed by atoms with E-state index in [1.807, 2.05) is 11.3 Å². The van der Waals surface area contributed by atoms with E-state index in [1.54, 1.807) is 0 Å². The Kier molecular flexibility index (Phi) is 5.85. The number of hydrogen-bond acceptors (Lipinski definition) is 1. The molecule has 8 aromatic rings. The predicted octanol–water partition coefficient (Wildman–Crippen LogP) is 12.3. The molecular formula is C43H28S. The lowest BCUT2D eigenvalue weighted by Crippen LogP contribution is -1.90. The van der Waals surface area contributed by atoms with Crippen molar-refractivity contribution in [2.45, 2.75) is 6.42 Å². The molecule has 1 heteroatoms. The lowest BCUT2D eigenvalue weighted by atomic mass is 9.93. The third-order valence-corrected chi connectivity index (χ3v) is 10.3. The summed E-state index contributed by atoms with van der Waals surface area (Å²) in [4.78, 5) is 0. The maximum Gasteiger partial charge on any atom is 0.0361 e. The third-order valence-electron chi connectivity index (χ3n) is 9.18. The Morgan fingerprint density at radius 3 is 1.57 bits per heavy atom. The molecule has 206 valence electrons. The van der Waals surface area contributed by atoms with Crippen LogP contribution in [0, 0.1) is 0 Å². The number of rotatable bonds is 4. The topological polar surface area (TPSA) is 0 Å². The van der Waals surface area contributed by atoms with Crippen molar-refractivity contribution in [3.63, 3.8) is 0 Å². The fourth-order valence-corrected chi connectivity index (χ4v) is 8.17. The molecule has 0 saturated heterocycles. The van der Waals surface area contributed by atoms with E-state index < -0.39 is 0 Å². The summed E-state index contributed by atoms with van der Waals surface area (Å²) in [6.07, 6.45) is 0.942. The average molecular weight is 577 g/mol. The normalized spacial score (nSPS) is 12.0. The van der Waals surface area contributed by atoms with Crippen LogP contribution < -0.4 is 0 Å². The summed E-state index contributed by atoms with van der Waals surface area (Å²) in [5.41, 5.74) is 15.8. The maximum absolute atomic E-state index is 2.39. The van der Waals surface area contributed by atoms with Crippen molar-refractivity contribution >= 4 is 31.5 Å². The van der Waals surface area contributed by atoms with Crippen molar-refractivity contribution in [2.75, 3.05) is 0 Å². The minimum atomic E-state index is 0.942. The smallest absolute Gasteiger partial charge is 0.0361 e. The number of hydrogen-bond donors (Lipinski definition) is 0. The van der Waals surface area contributed by atoms with Gasteiger partial charge < -0.3 is 0 Å². The van der Waals surface area contributed by atoms with Crippen LogP contribution in [-0.4, -0.2) is 0 Å². The van der Waals surface area contributed by atoms with Crippen molar-refractivity contribution in [3.8, 4) is 55.6 Å². The van der Waals surface area contributed by atoms with Crippen LogP contribution >= 0.6 is 11.3 Å². The molecule has 0 bridgehead atoms. The van der Waals surface area contributed by atoms with Crippen molar-refractivity contribution in [1.82, 2.24) is 0 Å². The maximum atomic E-state index is 2.39. The lowest BCUT2D eigenvalue weighted by Gasteiger charge is -2.11. The molecule has 44 heavy (non-hydrogen) atoms. The summed E-state index contributed by atoms with van der Waals surface area (Å²) >= 11 is 1.89. The van der Waals surface area contributed by atoms with Gasteiger partial charge in [0.2, 0.25) is 0 Å². The first-order valence-corrected chi connectivity index (χ1v) is 16.0. The Balaban J connectivity index is 1.08. The molecule has 7 aromatic carbocycles. The number of fused-ring (bicyclic) bond motifs is 6. The van der Waals surface area contributed by atoms with Gasteiger partial charge in [-0.15, -0.1) is 11.3 Å². The van der Waals surface area contributed by atoms with E-state index in [9.17, 15) is 0 Å². The Morgan fingerprint density at radius 2 is 0.818 bits per heavy atom. The highest BCUT2D eigenvalue weighted by Crippen LogP contribution is 2.46. The standard InChI is InChI=1S/C43H28S/c1-2-9-28(10-3-1)29-19-21-30(22-20-29)31-11-6-12-32(25-31)34-14-7-16-36-37-17-8-15-35(41(37)27-40(34)36)33-23-24-39-38-13-4-5-18-42(38)44-43(39)26-33/h1-26H,27H2. The average Bonchev–Trinajstić information content (AvgIpc) is 3.67. The zero-order valence-electron chi connectivity index (χ0n) is 24.1. The van der Waals surface area contributed by atoms with E-state index in [0.717, 1.165) is 6.42 Å². The SMILES string of the molecule is c1ccc(-c2ccc(-c3cccc(-c4cccc5c4Cc4c(-c6ccc7c(c6)sc6ccccc67)cccc4-5)c3)cc2)cc1. The van der Waals surface area contributed by atoms with Crippen LogP contribution in [0.15, 0.2) is 158 Å². The highest BCUT2D eigenvalue weighted by Gasteiger charge is 2.24. The molecular weight excluding hydrogens is 549 g/mol. The fraction of sp³-hybridized carbons (Fsp3) is 0.0233. The van der Waals surface area contributed by atoms with Crippen molar-refractivity contribution in [3.05, 3.63) is 169 Å². The van der Waals surface area contributed by atoms with Crippen LogP contribution in [0.1, 0.15) is 11.1 Å². The Morgan fingerprint density at radius 1 is 0.318 bits per heavy atom. The van der Waals surface area contributed by atoms with E-state index in [0.29, 0.717) is 0 Å². The lowest BCUT2D eigenvalue weighted by molar-refractivity contribution is 1.26. The summed E-state index contributed by atoms with van der Waals surface area (Å²) < 4.78 is 2.70. The third kappa shape index (κ3) is 4.12. The minimum Gasteiger partial charge on any atom is -0.135 e. The van der Waals surface area contributed by atoms with E-state index in [4.69, 9.17) is 0 Å². The van der Waals surface area contributed by atoms with E-state index in [-0.39, 0.29) is 0 Å². The zero-order chi connectivity index (χ0) is 29.0. The van der Waals surface area contributed by atoms with Gasteiger partial charge in [0.05, 0.1) is 0 Å². The van der Waals surface area contributed by atoms with Gasteiger partial charge in [-0.3, -0.25) is 0 Å². The molecule has 0 fully saturated rings. The highest BCUT2D eigenvalue weighted by molar-refractivity contribution is 7.25. The van der Waals surface area contributed by atoms with Crippen LogP contribution in [-0.2, 0) is 6.42 Å². The molecule has 0 unspecified atom stereocenters. The monoisotopic (exact) mass is 576 g/mol. The van der Waals surface area contributed by atoms with Gasteiger partial charge in [-0.1, -0.05) is 140 Å². The van der Waals surface area contributed by atoms with Crippen LogP contribution in [0.2, 0.25) is 0 Å². The second-order valence-electron chi connectivity index (χ2n) is 11.7. The molecule has 1 heterocycles. The molecule has 0 amide bonds. The van der Waals surface area contributed by atoms with Crippen LogP contribution in [0.4, 0.5) is 0 Å². The van der Waals surface area contributed by atoms with E-state index >= 15 is 0 Å². The van der Waals surface area contributed by atoms with Gasteiger partial charge in [-0.05, 0) is 91.4 Å². The van der Waals surface area contributed by atoms with Crippen LogP contribution in [0.5, 0.6) is 0 Å². The van der Waals surface area contributed by atoms with Gasteiger partial charge in [-0.2, -0.15) is 0 Å². The van der Waals surface area contributed by atoms with Crippen molar-refractivity contribution < 1.29 is 0 Å². The molecule has 0 N–H and O–H groups in total. The van der Waals surface area contributed by atoms with Gasteiger partial charge in [-0.25, -0.2) is 0 Å². The molecule has 1 aromatic heterocycles. The minimum absolute atomic E-state index is 0.942. The van der Waals surface area contributed by atoms with Gasteiger partial charge >= 0.3 is 0 Å². The van der Waals surface area contributed by atoms with Crippen molar-refractivity contribution in [1.29, 1.82) is 0 Å². The van der Waals surface area contributed by atoms with Gasteiger partial charge in [0.25, 0.3) is 0 Å². The van der Waals surface area contributed by atoms with E-state index in [1.165, 1.54) is 86.9 Å². The Bertz CT molecular complexity index is 2340. The Hall–Kier alpha value is -5.24. The second-order valence-corrected chi connectivity index (χ2v) is 12.8. The van der Waals surface area contributed by atoms with Gasteiger partial charge in [0, 0.05) is 20.2 Å². The van der Waals surface area contributed by atoms with Gasteiger partial charge in [0.15, 0.2) is 0 Å². The van der Waals surface area contributed by atoms with Crippen LogP contribution in [0.3, 0.4) is 0 Å². The molecule has 1 aliphatic rings. The summed E-state index contributed by atoms with van der Waals surface area (Å²) in [7, 11) is 0. The summed E-state index contributed by atoms with van der Waals surface area (Å²) in [5.74, 6) is 0. The largest absolute Gasteiger partial charge is 0.135 e. The fourth-order valence-electron chi connectivity index (χ4n) is 7.02. The predicted molar refractivity (Wildman–Crippen MR) is 189 cm³/mol. The summed E-state index contributed by atoms with van der Waals surface area (Å²) in [6, 6.07) is 58.0. The summed E-state index contributed by atoms with van der Waals surface area (Å²) in [6.45, 7) is 0. The first kappa shape index (κ1) is 25.3. The molecule has 0 atom stereocenters. The molecule has 0 spiro atoms. The molecule has 0 nitrogen and oxygen atoms in total. The second kappa shape index (κ2) is 10.2. The molecule has 1 aliphatic carbocycles. The molecule has 0 aliphatic heterocycles. The number of benzene rings is 7. The molecule has 0 saturated carbocycles. The molecule has 0 radical (unpaired) electrons. The Labute approximate surface area is 261 Å². The first-order chi connectivity index (χ1) is 21.8. The van der Waals surface area contributed by atoms with Gasteiger partial charge in [0.1, 0.15) is 0 Å². The highest BCUT2D eigenvalue weighted by atomic mass is 32.1. The van der Waals surface area contributed by atoms with Crippen LogP contribution in [0.25, 0.3) is 75.8 Å². The molecule has 9 rings (SSSR count). The van der Waals surface area contributed by atoms with Crippen molar-refractivity contribution in [2.24, 2.45) is 0 Å². The zero-order valence-corrected chi connectivity index (χ0v) is 24.9. The van der Waals surface area contributed by atoms with E-state index in [2.05, 4.69) is 158 Å². The first-order valence-electron chi connectivity index (χ1n) is 15.2.